The minimum Gasteiger partial charge on any atom is -0.379 e. The Labute approximate surface area is 124 Å². The molecular formula is C15H20N4O2. The van der Waals surface area contributed by atoms with Gasteiger partial charge in [-0.3, -0.25) is 4.79 Å². The topological polar surface area (TPSA) is 68.2 Å². The van der Waals surface area contributed by atoms with Gasteiger partial charge in [0, 0.05) is 31.2 Å². The Morgan fingerprint density at radius 2 is 2.19 bits per heavy atom. The fraction of sp³-hybridized carbons (Fsp3) is 0.333. The van der Waals surface area contributed by atoms with Crippen LogP contribution in [0.5, 0.6) is 0 Å². The van der Waals surface area contributed by atoms with Gasteiger partial charge < -0.3 is 19.9 Å². The zero-order valence-electron chi connectivity index (χ0n) is 12.3. The number of benzene rings is 1. The van der Waals surface area contributed by atoms with Crippen LogP contribution in [-0.4, -0.2) is 29.2 Å². The van der Waals surface area contributed by atoms with Crippen molar-refractivity contribution in [2.75, 3.05) is 24.4 Å². The molecule has 1 aromatic heterocycles. The number of rotatable bonds is 7. The van der Waals surface area contributed by atoms with Gasteiger partial charge in [-0.2, -0.15) is 0 Å². The molecule has 6 nitrogen and oxygen atoms in total. The van der Waals surface area contributed by atoms with Gasteiger partial charge >= 0.3 is 0 Å². The summed E-state index contributed by atoms with van der Waals surface area (Å²) in [5.41, 5.74) is 2.80. The molecule has 0 unspecified atom stereocenters. The van der Waals surface area contributed by atoms with Gasteiger partial charge in [-0.25, -0.2) is 4.98 Å². The molecule has 6 heteroatoms. The summed E-state index contributed by atoms with van der Waals surface area (Å²) in [6, 6.07) is 7.58. The molecule has 0 aliphatic carbocycles. The smallest absolute Gasteiger partial charge is 0.250 e. The summed E-state index contributed by atoms with van der Waals surface area (Å²) in [5.74, 6) is -0.168. The number of nitrogens with one attached hydrogen (secondary N) is 2. The van der Waals surface area contributed by atoms with E-state index in [1.165, 1.54) is 7.11 Å². The molecule has 1 amide bonds. The number of aryl methyl sites for hydroxylation is 1. The summed E-state index contributed by atoms with van der Waals surface area (Å²) in [6.45, 7) is 3.71. The molecule has 0 fully saturated rings. The standard InChI is InChI=1S/C15H20N4O2/c1-3-19-11-16-8-14(19)9-17-12-5-4-6-13(7-12)18-15(20)10-21-2/h4-8,11,17H,3,9-10H2,1-2H3,(H,18,20). The van der Waals surface area contributed by atoms with Crippen molar-refractivity contribution in [3.8, 4) is 0 Å². The predicted octanol–water partition coefficient (Wildman–Crippen LogP) is 2.10. The number of anilines is 2. The number of nitrogens with zero attached hydrogens (tertiary/aromatic N) is 2. The van der Waals surface area contributed by atoms with Crippen molar-refractivity contribution in [2.24, 2.45) is 0 Å². The molecule has 2 aromatic rings. The first-order chi connectivity index (χ1) is 10.2. The van der Waals surface area contributed by atoms with Crippen molar-refractivity contribution in [3.63, 3.8) is 0 Å². The van der Waals surface area contributed by atoms with Gasteiger partial charge in [0.15, 0.2) is 0 Å². The Balaban J connectivity index is 1.96. The molecule has 112 valence electrons. The third-order valence-corrected chi connectivity index (χ3v) is 3.03. The monoisotopic (exact) mass is 288 g/mol. The van der Waals surface area contributed by atoms with E-state index in [0.717, 1.165) is 23.6 Å². The van der Waals surface area contributed by atoms with Crippen LogP contribution in [0.25, 0.3) is 0 Å². The number of carbonyl (C=O) groups excluding carboxylic acids is 1. The fourth-order valence-electron chi connectivity index (χ4n) is 2.01. The first-order valence-corrected chi connectivity index (χ1v) is 6.84. The van der Waals surface area contributed by atoms with Crippen molar-refractivity contribution in [2.45, 2.75) is 20.0 Å². The Bertz CT molecular complexity index is 595. The van der Waals surface area contributed by atoms with E-state index in [1.807, 2.05) is 36.8 Å². The third-order valence-electron chi connectivity index (χ3n) is 3.03. The number of aromatic nitrogens is 2. The van der Waals surface area contributed by atoms with Crippen molar-refractivity contribution < 1.29 is 9.53 Å². The Kier molecular flexibility index (Phi) is 5.34. The summed E-state index contributed by atoms with van der Waals surface area (Å²) in [4.78, 5) is 15.6. The van der Waals surface area contributed by atoms with E-state index in [1.54, 1.807) is 0 Å². The zero-order chi connectivity index (χ0) is 15.1. The molecule has 0 saturated carbocycles. The van der Waals surface area contributed by atoms with Gasteiger partial charge in [-0.1, -0.05) is 6.07 Å². The number of ether oxygens (including phenoxy) is 1. The van der Waals surface area contributed by atoms with Gasteiger partial charge in [0.2, 0.25) is 5.91 Å². The lowest BCUT2D eigenvalue weighted by molar-refractivity contribution is -0.119. The summed E-state index contributed by atoms with van der Waals surface area (Å²) in [7, 11) is 1.49. The minimum absolute atomic E-state index is 0.0489. The van der Waals surface area contributed by atoms with E-state index in [9.17, 15) is 4.79 Å². The van der Waals surface area contributed by atoms with Crippen LogP contribution in [-0.2, 0) is 22.6 Å². The molecular weight excluding hydrogens is 268 g/mol. The number of imidazole rings is 1. The van der Waals surface area contributed by atoms with Crippen LogP contribution >= 0.6 is 0 Å². The number of hydrogen-bond acceptors (Lipinski definition) is 4. The second-order valence-corrected chi connectivity index (χ2v) is 4.59. The Hall–Kier alpha value is -2.34. The zero-order valence-corrected chi connectivity index (χ0v) is 12.3. The summed E-state index contributed by atoms with van der Waals surface area (Å²) < 4.78 is 6.87. The van der Waals surface area contributed by atoms with Crippen molar-refractivity contribution in [1.82, 2.24) is 9.55 Å². The van der Waals surface area contributed by atoms with E-state index < -0.39 is 0 Å². The third kappa shape index (κ3) is 4.32. The number of hydrogen-bond donors (Lipinski definition) is 2. The average Bonchev–Trinajstić information content (AvgIpc) is 2.93. The fourth-order valence-corrected chi connectivity index (χ4v) is 2.01. The summed E-state index contributed by atoms with van der Waals surface area (Å²) in [5, 5.41) is 6.10. The van der Waals surface area contributed by atoms with Crippen LogP contribution in [0, 0.1) is 0 Å². The van der Waals surface area contributed by atoms with E-state index in [0.29, 0.717) is 6.54 Å². The molecule has 1 heterocycles. The second-order valence-electron chi connectivity index (χ2n) is 4.59. The first kappa shape index (κ1) is 15.1. The largest absolute Gasteiger partial charge is 0.379 e. The van der Waals surface area contributed by atoms with Gasteiger partial charge in [0.05, 0.1) is 18.6 Å². The molecule has 0 atom stereocenters. The number of amides is 1. The number of methoxy groups -OCH3 is 1. The summed E-state index contributed by atoms with van der Waals surface area (Å²) in [6.07, 6.45) is 3.67. The van der Waals surface area contributed by atoms with Crippen LogP contribution in [0.2, 0.25) is 0 Å². The quantitative estimate of drug-likeness (QED) is 0.818. The molecule has 2 rings (SSSR count). The molecule has 2 N–H and O–H groups in total. The van der Waals surface area contributed by atoms with E-state index in [2.05, 4.69) is 27.1 Å². The molecule has 1 aromatic carbocycles. The van der Waals surface area contributed by atoms with Gasteiger partial charge in [-0.05, 0) is 25.1 Å². The van der Waals surface area contributed by atoms with E-state index >= 15 is 0 Å². The van der Waals surface area contributed by atoms with Crippen molar-refractivity contribution in [3.05, 3.63) is 42.5 Å². The Morgan fingerprint density at radius 3 is 2.95 bits per heavy atom. The maximum absolute atomic E-state index is 11.5. The average molecular weight is 288 g/mol. The van der Waals surface area contributed by atoms with E-state index in [4.69, 9.17) is 4.74 Å². The van der Waals surface area contributed by atoms with Crippen molar-refractivity contribution in [1.29, 1.82) is 0 Å². The highest BCUT2D eigenvalue weighted by Gasteiger charge is 2.03. The number of carbonyl (C=O) groups is 1. The van der Waals surface area contributed by atoms with Crippen molar-refractivity contribution >= 4 is 17.3 Å². The highest BCUT2D eigenvalue weighted by Crippen LogP contribution is 2.16. The van der Waals surface area contributed by atoms with Crippen LogP contribution in [0.3, 0.4) is 0 Å². The summed E-state index contributed by atoms with van der Waals surface area (Å²) >= 11 is 0. The van der Waals surface area contributed by atoms with Crippen LogP contribution in [0.15, 0.2) is 36.8 Å². The molecule has 0 bridgehead atoms. The lowest BCUT2D eigenvalue weighted by Gasteiger charge is -2.10. The van der Waals surface area contributed by atoms with Gasteiger partial charge in [0.25, 0.3) is 0 Å². The lowest BCUT2D eigenvalue weighted by Crippen LogP contribution is -2.17. The first-order valence-electron chi connectivity index (χ1n) is 6.84. The van der Waals surface area contributed by atoms with Gasteiger partial charge in [0.1, 0.15) is 6.61 Å². The predicted molar refractivity (Wildman–Crippen MR) is 82.2 cm³/mol. The molecule has 21 heavy (non-hydrogen) atoms. The molecule has 0 radical (unpaired) electrons. The highest BCUT2D eigenvalue weighted by atomic mass is 16.5. The van der Waals surface area contributed by atoms with Crippen LogP contribution in [0.1, 0.15) is 12.6 Å². The molecule has 0 spiro atoms. The van der Waals surface area contributed by atoms with Gasteiger partial charge in [-0.15, -0.1) is 0 Å². The lowest BCUT2D eigenvalue weighted by atomic mass is 10.2. The molecule has 0 aliphatic rings. The second kappa shape index (κ2) is 7.44. The SMILES string of the molecule is CCn1cncc1CNc1cccc(NC(=O)COC)c1. The maximum Gasteiger partial charge on any atom is 0.250 e. The maximum atomic E-state index is 11.5. The molecule has 0 saturated heterocycles. The minimum atomic E-state index is -0.168. The normalized spacial score (nSPS) is 10.4. The Morgan fingerprint density at radius 1 is 1.38 bits per heavy atom. The molecule has 0 aliphatic heterocycles. The van der Waals surface area contributed by atoms with E-state index in [-0.39, 0.29) is 12.5 Å². The highest BCUT2D eigenvalue weighted by molar-refractivity contribution is 5.92. The van der Waals surface area contributed by atoms with Crippen LogP contribution < -0.4 is 10.6 Å². The van der Waals surface area contributed by atoms with Crippen LogP contribution in [0.4, 0.5) is 11.4 Å².